The van der Waals surface area contributed by atoms with Crippen molar-refractivity contribution in [2.75, 3.05) is 19.8 Å². The van der Waals surface area contributed by atoms with Gasteiger partial charge in [0.15, 0.2) is 40.7 Å². The summed E-state index contributed by atoms with van der Waals surface area (Å²) in [4.78, 5) is 76.1. The third kappa shape index (κ3) is 4.93. The van der Waals surface area contributed by atoms with Gasteiger partial charge in [0, 0.05) is 31.8 Å². The van der Waals surface area contributed by atoms with Gasteiger partial charge in [0.1, 0.15) is 0 Å². The zero-order valence-electron chi connectivity index (χ0n) is 24.4. The maximum absolute atomic E-state index is 12.7. The molecule has 230 valence electrons. The molecule has 2 aromatic rings. The minimum atomic E-state index is -0.785. The highest BCUT2D eigenvalue weighted by Gasteiger charge is 2.43. The van der Waals surface area contributed by atoms with Crippen molar-refractivity contribution in [1.29, 1.82) is 0 Å². The highest BCUT2D eigenvalue weighted by molar-refractivity contribution is 6.01. The predicted molar refractivity (Wildman–Crippen MR) is 150 cm³/mol. The number of morpholine rings is 1. The normalized spacial score (nSPS) is 23.9. The van der Waals surface area contributed by atoms with E-state index in [0.717, 1.165) is 0 Å². The van der Waals surface area contributed by atoms with Crippen molar-refractivity contribution < 1.29 is 38.9 Å². The van der Waals surface area contributed by atoms with Gasteiger partial charge in [0.2, 0.25) is 10.9 Å². The van der Waals surface area contributed by atoms with E-state index in [-0.39, 0.29) is 65.0 Å². The van der Waals surface area contributed by atoms with Crippen LogP contribution in [0.15, 0.2) is 22.0 Å². The maximum Gasteiger partial charge on any atom is 0.276 e. The van der Waals surface area contributed by atoms with Crippen LogP contribution in [0.2, 0.25) is 0 Å². The first-order valence-electron chi connectivity index (χ1n) is 14.2. The Hall–Kier alpha value is -4.30. The third-order valence-electron chi connectivity index (χ3n) is 8.24. The van der Waals surface area contributed by atoms with Gasteiger partial charge in [-0.05, 0) is 13.8 Å². The van der Waals surface area contributed by atoms with Gasteiger partial charge in [-0.3, -0.25) is 28.8 Å². The minimum Gasteiger partial charge on any atom is -0.503 e. The Balaban J connectivity index is 0.000000171. The van der Waals surface area contributed by atoms with E-state index in [0.29, 0.717) is 32.9 Å². The molecule has 2 amide bonds. The Kier molecular flexibility index (Phi) is 8.01. The molecule has 4 aliphatic rings. The number of carbonyl (C=O) groups is 4. The van der Waals surface area contributed by atoms with Crippen molar-refractivity contribution in [2.24, 2.45) is 0 Å². The molecule has 2 aromatic heterocycles. The van der Waals surface area contributed by atoms with E-state index in [9.17, 15) is 39.0 Å². The first-order valence-corrected chi connectivity index (χ1v) is 14.2. The number of ketones is 2. The van der Waals surface area contributed by atoms with Crippen LogP contribution >= 0.6 is 0 Å². The Morgan fingerprint density at radius 3 is 1.79 bits per heavy atom. The molecule has 0 unspecified atom stereocenters. The first-order chi connectivity index (χ1) is 20.4. The summed E-state index contributed by atoms with van der Waals surface area (Å²) in [5, 5.41) is 20.2. The van der Waals surface area contributed by atoms with Crippen LogP contribution in [0.3, 0.4) is 0 Å². The summed E-state index contributed by atoms with van der Waals surface area (Å²) in [6.07, 6.45) is 2.64. The SMILES string of the molecule is CCC(=O)c1cn2c(c(O)c1=O)C(=O)N1[C@@H](C)CO[C@@H]1C2.CCC(=O)c1cn2c(c(O)c1=O)C(=O)N1[C@@H](COC[C@H]1C)C2. The molecule has 6 heterocycles. The van der Waals surface area contributed by atoms with Crippen molar-refractivity contribution in [2.45, 2.75) is 78.0 Å². The molecule has 14 nitrogen and oxygen atoms in total. The zero-order chi connectivity index (χ0) is 31.3. The van der Waals surface area contributed by atoms with Crippen LogP contribution in [-0.2, 0) is 22.6 Å². The van der Waals surface area contributed by atoms with E-state index in [1.165, 1.54) is 26.4 Å². The molecular weight excluding hydrogens is 564 g/mol. The summed E-state index contributed by atoms with van der Waals surface area (Å²) < 4.78 is 14.0. The highest BCUT2D eigenvalue weighted by Crippen LogP contribution is 2.30. The number of rotatable bonds is 4. The van der Waals surface area contributed by atoms with Gasteiger partial charge in [0.25, 0.3) is 11.8 Å². The minimum absolute atomic E-state index is 0.0392. The number of Topliss-reactive ketones (excluding diaryl/α,β-unsaturated/α-hetero) is 2. The Morgan fingerprint density at radius 2 is 1.26 bits per heavy atom. The lowest BCUT2D eigenvalue weighted by atomic mass is 10.0. The topological polar surface area (TPSA) is 178 Å². The van der Waals surface area contributed by atoms with Crippen molar-refractivity contribution in [3.05, 3.63) is 55.4 Å². The molecular formula is C29H34N4O10. The molecule has 0 aliphatic carbocycles. The smallest absolute Gasteiger partial charge is 0.276 e. The molecule has 14 heteroatoms. The van der Waals surface area contributed by atoms with Crippen LogP contribution in [0.1, 0.15) is 82.2 Å². The van der Waals surface area contributed by atoms with Crippen molar-refractivity contribution in [3.63, 3.8) is 0 Å². The fourth-order valence-electron chi connectivity index (χ4n) is 6.02. The van der Waals surface area contributed by atoms with E-state index < -0.39 is 40.4 Å². The van der Waals surface area contributed by atoms with Gasteiger partial charge < -0.3 is 38.6 Å². The van der Waals surface area contributed by atoms with Gasteiger partial charge in [-0.15, -0.1) is 0 Å². The number of hydrogen-bond acceptors (Lipinski definition) is 10. The molecule has 0 saturated carbocycles. The molecule has 0 radical (unpaired) electrons. The average Bonchev–Trinajstić information content (AvgIpc) is 3.36. The molecule has 2 fully saturated rings. The molecule has 4 aliphatic heterocycles. The van der Waals surface area contributed by atoms with Gasteiger partial charge >= 0.3 is 0 Å². The van der Waals surface area contributed by atoms with E-state index in [1.807, 2.05) is 13.8 Å². The fraction of sp³-hybridized carbons (Fsp3) is 0.517. The second-order valence-electron chi connectivity index (χ2n) is 11.1. The number of fused-ring (bicyclic) bond motifs is 4. The quantitative estimate of drug-likeness (QED) is 0.477. The maximum atomic E-state index is 12.7. The lowest BCUT2D eigenvalue weighted by Gasteiger charge is -2.44. The molecule has 43 heavy (non-hydrogen) atoms. The Morgan fingerprint density at radius 1 is 0.767 bits per heavy atom. The number of aromatic nitrogens is 2. The zero-order valence-corrected chi connectivity index (χ0v) is 24.4. The van der Waals surface area contributed by atoms with E-state index in [1.54, 1.807) is 18.7 Å². The lowest BCUT2D eigenvalue weighted by molar-refractivity contribution is -0.0416. The number of nitrogens with zero attached hydrogens (tertiary/aromatic N) is 4. The molecule has 0 bridgehead atoms. The summed E-state index contributed by atoms with van der Waals surface area (Å²) in [7, 11) is 0. The number of pyridine rings is 2. The standard InChI is InChI=1S/C15H18N2O5.C14H16N2O5/c1-3-11(18)10-5-16-4-9-7-22-6-8(2)17(9)15(21)12(16)14(20)13(10)19;1-3-9(17)8-4-15-5-10-16(7(2)6-21-10)14(20)11(15)13(19)12(8)18/h5,8-9,20H,3-4,6-7H2,1-2H3;4,7,10,19H,3,5-6H2,1-2H3/t8-,9-;7-,10+/m10/s1. The summed E-state index contributed by atoms with van der Waals surface area (Å²) in [5.74, 6) is -2.84. The van der Waals surface area contributed by atoms with Gasteiger partial charge in [-0.1, -0.05) is 13.8 Å². The number of aromatic hydroxyl groups is 2. The number of amides is 2. The molecule has 2 N–H and O–H groups in total. The first kappa shape index (κ1) is 30.2. The lowest BCUT2D eigenvalue weighted by Crippen LogP contribution is -2.58. The van der Waals surface area contributed by atoms with Gasteiger partial charge in [0.05, 0.1) is 55.6 Å². The second kappa shape index (κ2) is 11.4. The molecule has 4 atom stereocenters. The Bertz CT molecular complexity index is 1640. The van der Waals surface area contributed by atoms with Crippen LogP contribution in [0.25, 0.3) is 0 Å². The summed E-state index contributed by atoms with van der Waals surface area (Å²) >= 11 is 0. The molecule has 2 saturated heterocycles. The van der Waals surface area contributed by atoms with Crippen molar-refractivity contribution in [3.8, 4) is 11.5 Å². The second-order valence-corrected chi connectivity index (χ2v) is 11.1. The van der Waals surface area contributed by atoms with Crippen LogP contribution in [0, 0.1) is 0 Å². The molecule has 0 aromatic carbocycles. The fourth-order valence-corrected chi connectivity index (χ4v) is 6.02. The van der Waals surface area contributed by atoms with Crippen LogP contribution in [-0.4, -0.2) is 96.7 Å². The summed E-state index contributed by atoms with van der Waals surface area (Å²) in [6.45, 7) is 8.92. The molecule has 0 spiro atoms. The van der Waals surface area contributed by atoms with Crippen molar-refractivity contribution in [1.82, 2.24) is 18.9 Å². The monoisotopic (exact) mass is 598 g/mol. The highest BCUT2D eigenvalue weighted by atomic mass is 16.5. The number of ether oxygens (including phenoxy) is 2. The number of carbonyl (C=O) groups excluding carboxylic acids is 4. The predicted octanol–water partition coefficient (Wildman–Crippen LogP) is 0.737. The summed E-state index contributed by atoms with van der Waals surface area (Å²) in [6, 6.07) is -0.385. The van der Waals surface area contributed by atoms with E-state index in [2.05, 4.69) is 0 Å². The van der Waals surface area contributed by atoms with Crippen LogP contribution in [0.4, 0.5) is 0 Å². The van der Waals surface area contributed by atoms with Gasteiger partial charge in [-0.25, -0.2) is 0 Å². The third-order valence-corrected chi connectivity index (χ3v) is 8.24. The molecule has 6 rings (SSSR count). The van der Waals surface area contributed by atoms with Crippen molar-refractivity contribution >= 4 is 23.4 Å². The number of hydrogen-bond donors (Lipinski definition) is 2. The van der Waals surface area contributed by atoms with Gasteiger partial charge in [-0.2, -0.15) is 0 Å². The van der Waals surface area contributed by atoms with Crippen LogP contribution in [0.5, 0.6) is 11.5 Å². The largest absolute Gasteiger partial charge is 0.503 e. The van der Waals surface area contributed by atoms with Crippen LogP contribution < -0.4 is 10.9 Å². The Labute approximate surface area is 246 Å². The van der Waals surface area contributed by atoms with E-state index >= 15 is 0 Å². The van der Waals surface area contributed by atoms with E-state index in [4.69, 9.17) is 9.47 Å². The summed E-state index contributed by atoms with van der Waals surface area (Å²) in [5.41, 5.74) is -1.83. The average molecular weight is 599 g/mol.